The first-order chi connectivity index (χ1) is 12.9. The van der Waals surface area contributed by atoms with E-state index in [2.05, 4.69) is 4.40 Å². The van der Waals surface area contributed by atoms with Crippen LogP contribution in [0.1, 0.15) is 17.5 Å². The first-order valence-corrected chi connectivity index (χ1v) is 10.2. The van der Waals surface area contributed by atoms with Crippen molar-refractivity contribution in [1.82, 2.24) is 4.90 Å². The molecule has 7 nitrogen and oxygen atoms in total. The Hall–Kier alpha value is -2.58. The van der Waals surface area contributed by atoms with Gasteiger partial charge in [-0.05, 0) is 42.7 Å². The number of carbonyl (C=O) groups excluding carboxylic acids is 1. The lowest BCUT2D eigenvalue weighted by molar-refractivity contribution is -0.118. The lowest BCUT2D eigenvalue weighted by Gasteiger charge is -2.32. The fourth-order valence-corrected chi connectivity index (χ4v) is 4.89. The molecule has 148 valence electrons. The minimum absolute atomic E-state index is 0. The molecule has 2 aliphatic rings. The highest BCUT2D eigenvalue weighted by atomic mass is 35.5. The first kappa shape index (κ1) is 20.2. The molecule has 2 aromatic carbocycles. The van der Waals surface area contributed by atoms with E-state index >= 15 is 0 Å². The van der Waals surface area contributed by atoms with Gasteiger partial charge in [0.05, 0.1) is 6.54 Å². The molecule has 9 heteroatoms. The second kappa shape index (κ2) is 7.44. The van der Waals surface area contributed by atoms with Crippen LogP contribution in [-0.4, -0.2) is 45.2 Å². The van der Waals surface area contributed by atoms with Gasteiger partial charge in [-0.25, -0.2) is 0 Å². The van der Waals surface area contributed by atoms with Crippen LogP contribution in [0.5, 0.6) is 0 Å². The van der Waals surface area contributed by atoms with Crippen molar-refractivity contribution >= 4 is 45.5 Å². The number of sulfonamides is 1. The van der Waals surface area contributed by atoms with Crippen molar-refractivity contribution in [2.24, 2.45) is 4.40 Å². The highest BCUT2D eigenvalue weighted by Crippen LogP contribution is 2.32. The SMILES string of the molecule is CN(CC(=O)N1CCCc2c(N)cccc21)C1=NS(=O)(=O)c2ccccc21.Cl. The lowest BCUT2D eigenvalue weighted by Crippen LogP contribution is -2.43. The molecule has 0 radical (unpaired) electrons. The molecule has 4 rings (SSSR count). The number of nitrogens with zero attached hydrogens (tertiary/aromatic N) is 3. The summed E-state index contributed by atoms with van der Waals surface area (Å²) in [5.74, 6) is 0.178. The Morgan fingerprint density at radius 3 is 2.75 bits per heavy atom. The van der Waals surface area contributed by atoms with Crippen LogP contribution in [0, 0.1) is 0 Å². The Balaban J connectivity index is 0.00000225. The number of fused-ring (bicyclic) bond motifs is 2. The van der Waals surface area contributed by atoms with Gasteiger partial charge < -0.3 is 15.5 Å². The minimum Gasteiger partial charge on any atom is -0.398 e. The van der Waals surface area contributed by atoms with Crippen molar-refractivity contribution in [2.75, 3.05) is 30.8 Å². The highest BCUT2D eigenvalue weighted by Gasteiger charge is 2.32. The van der Waals surface area contributed by atoms with E-state index in [9.17, 15) is 13.2 Å². The van der Waals surface area contributed by atoms with Crippen LogP contribution >= 0.6 is 12.4 Å². The van der Waals surface area contributed by atoms with E-state index in [1.54, 1.807) is 35.0 Å². The number of likely N-dealkylation sites (N-methyl/N-ethyl adjacent to an activating group) is 1. The van der Waals surface area contributed by atoms with Crippen LogP contribution in [0.2, 0.25) is 0 Å². The van der Waals surface area contributed by atoms with E-state index in [0.29, 0.717) is 23.6 Å². The third kappa shape index (κ3) is 3.33. The van der Waals surface area contributed by atoms with Gasteiger partial charge in [-0.3, -0.25) is 4.79 Å². The number of halogens is 1. The summed E-state index contributed by atoms with van der Waals surface area (Å²) in [6.45, 7) is 0.640. The Bertz CT molecular complexity index is 1070. The molecule has 2 aromatic rings. The van der Waals surface area contributed by atoms with Crippen molar-refractivity contribution in [3.05, 3.63) is 53.6 Å². The van der Waals surface area contributed by atoms with Crippen molar-refractivity contribution < 1.29 is 13.2 Å². The topological polar surface area (TPSA) is 96.1 Å². The summed E-state index contributed by atoms with van der Waals surface area (Å²) in [7, 11) is -2.03. The second-order valence-electron chi connectivity index (χ2n) is 6.74. The maximum Gasteiger partial charge on any atom is 0.285 e. The van der Waals surface area contributed by atoms with Crippen LogP contribution in [0.15, 0.2) is 51.8 Å². The predicted molar refractivity (Wildman–Crippen MR) is 112 cm³/mol. The van der Waals surface area contributed by atoms with Crippen LogP contribution in [0.3, 0.4) is 0 Å². The van der Waals surface area contributed by atoms with Gasteiger partial charge in [0.25, 0.3) is 10.0 Å². The van der Waals surface area contributed by atoms with Gasteiger partial charge in [-0.15, -0.1) is 16.8 Å². The number of rotatable bonds is 2. The van der Waals surface area contributed by atoms with E-state index in [0.717, 1.165) is 24.1 Å². The molecule has 0 spiro atoms. The molecule has 0 aromatic heterocycles. The van der Waals surface area contributed by atoms with Crippen LogP contribution < -0.4 is 10.6 Å². The number of amidine groups is 1. The average molecular weight is 421 g/mol. The first-order valence-electron chi connectivity index (χ1n) is 8.72. The molecule has 2 heterocycles. The molecule has 0 atom stereocenters. The molecule has 28 heavy (non-hydrogen) atoms. The molecule has 2 N–H and O–H groups in total. The van der Waals surface area contributed by atoms with Crippen molar-refractivity contribution in [1.29, 1.82) is 0 Å². The van der Waals surface area contributed by atoms with Gasteiger partial charge >= 0.3 is 0 Å². The average Bonchev–Trinajstić information content (AvgIpc) is 2.93. The molecule has 0 unspecified atom stereocenters. The Labute approximate surface area is 170 Å². The molecule has 0 aliphatic carbocycles. The summed E-state index contributed by atoms with van der Waals surface area (Å²) in [5.41, 5.74) is 9.10. The smallest absolute Gasteiger partial charge is 0.285 e. The fraction of sp³-hybridized carbons (Fsp3) is 0.263. The van der Waals surface area contributed by atoms with E-state index in [4.69, 9.17) is 5.73 Å². The monoisotopic (exact) mass is 420 g/mol. The molecule has 1 amide bonds. The zero-order valence-corrected chi connectivity index (χ0v) is 17.0. The zero-order valence-electron chi connectivity index (χ0n) is 15.3. The van der Waals surface area contributed by atoms with Gasteiger partial charge in [-0.2, -0.15) is 8.42 Å². The Morgan fingerprint density at radius 1 is 1.21 bits per heavy atom. The van der Waals surface area contributed by atoms with Crippen molar-refractivity contribution in [2.45, 2.75) is 17.7 Å². The third-order valence-corrected chi connectivity index (χ3v) is 6.26. The van der Waals surface area contributed by atoms with Gasteiger partial charge in [-0.1, -0.05) is 18.2 Å². The standard InChI is InChI=1S/C19H20N4O3S.ClH/c1-22(19-14-6-2-3-10-17(14)27(25,26)21-19)12-18(24)23-11-5-7-13-15(20)8-4-9-16(13)23;/h2-4,6,8-10H,5,7,11-12,20H2,1H3;1H. The number of nitrogen functional groups attached to an aromatic ring is 1. The van der Waals surface area contributed by atoms with E-state index in [1.165, 1.54) is 6.07 Å². The van der Waals surface area contributed by atoms with E-state index < -0.39 is 10.0 Å². The van der Waals surface area contributed by atoms with Gasteiger partial charge in [0.2, 0.25) is 5.91 Å². The number of carbonyl (C=O) groups is 1. The third-order valence-electron chi connectivity index (χ3n) is 4.93. The summed E-state index contributed by atoms with van der Waals surface area (Å²) in [6.07, 6.45) is 1.69. The van der Waals surface area contributed by atoms with Gasteiger partial charge in [0.1, 0.15) is 4.90 Å². The second-order valence-corrected chi connectivity index (χ2v) is 8.31. The number of benzene rings is 2. The predicted octanol–water partition coefficient (Wildman–Crippen LogP) is 2.05. The summed E-state index contributed by atoms with van der Waals surface area (Å²) >= 11 is 0. The van der Waals surface area contributed by atoms with Crippen molar-refractivity contribution in [3.8, 4) is 0 Å². The maximum atomic E-state index is 13.0. The summed E-state index contributed by atoms with van der Waals surface area (Å²) in [5, 5.41) is 0. The van der Waals surface area contributed by atoms with Crippen LogP contribution in [-0.2, 0) is 21.2 Å². The largest absolute Gasteiger partial charge is 0.398 e. The molecule has 0 bridgehead atoms. The highest BCUT2D eigenvalue weighted by molar-refractivity contribution is 7.90. The summed E-state index contributed by atoms with van der Waals surface area (Å²) in [4.78, 5) is 16.4. The Kier molecular flexibility index (Phi) is 5.36. The molecule has 0 fully saturated rings. The van der Waals surface area contributed by atoms with E-state index in [1.807, 2.05) is 18.2 Å². The maximum absolute atomic E-state index is 13.0. The molecular formula is C19H21ClN4O3S. The molecule has 0 saturated heterocycles. The number of amides is 1. The van der Waals surface area contributed by atoms with Crippen molar-refractivity contribution in [3.63, 3.8) is 0 Å². The quantitative estimate of drug-likeness (QED) is 0.750. The molecule has 2 aliphatic heterocycles. The number of nitrogens with two attached hydrogens (primary N) is 1. The van der Waals surface area contributed by atoms with Gasteiger partial charge in [0.15, 0.2) is 5.84 Å². The lowest BCUT2D eigenvalue weighted by atomic mass is 10.00. The number of hydrogen-bond donors (Lipinski definition) is 1. The number of hydrogen-bond acceptors (Lipinski definition) is 5. The molecule has 0 saturated carbocycles. The van der Waals surface area contributed by atoms with Crippen LogP contribution in [0.25, 0.3) is 0 Å². The van der Waals surface area contributed by atoms with Gasteiger partial charge in [0, 0.05) is 30.5 Å². The van der Waals surface area contributed by atoms with E-state index in [-0.39, 0.29) is 29.8 Å². The molecular weight excluding hydrogens is 400 g/mol. The Morgan fingerprint density at radius 2 is 1.96 bits per heavy atom. The number of anilines is 2. The minimum atomic E-state index is -3.71. The summed E-state index contributed by atoms with van der Waals surface area (Å²) in [6, 6.07) is 12.2. The zero-order chi connectivity index (χ0) is 19.2. The normalized spacial score (nSPS) is 16.5. The fourth-order valence-electron chi connectivity index (χ4n) is 3.64. The van der Waals surface area contributed by atoms with Crippen LogP contribution in [0.4, 0.5) is 11.4 Å². The summed E-state index contributed by atoms with van der Waals surface area (Å²) < 4.78 is 28.3.